The van der Waals surface area contributed by atoms with E-state index >= 15 is 0 Å². The molecule has 0 bridgehead atoms. The molecule has 130 valence electrons. The predicted octanol–water partition coefficient (Wildman–Crippen LogP) is -1.77. The van der Waals surface area contributed by atoms with Crippen LogP contribution in [0, 0.1) is 0 Å². The molecule has 0 aromatic heterocycles. The lowest BCUT2D eigenvalue weighted by atomic mass is 9.98. The maximum absolute atomic E-state index is 12.3. The first-order valence-corrected chi connectivity index (χ1v) is 7.09. The summed E-state index contributed by atoms with van der Waals surface area (Å²) >= 11 is 0. The molecule has 0 spiro atoms. The Labute approximate surface area is 134 Å². The fraction of sp³-hybridized carbons (Fsp3) is 0.643. The van der Waals surface area contributed by atoms with E-state index in [-0.39, 0.29) is 19.5 Å². The van der Waals surface area contributed by atoms with Crippen molar-refractivity contribution in [3.63, 3.8) is 0 Å². The van der Waals surface area contributed by atoms with Gasteiger partial charge in [0.1, 0.15) is 17.4 Å². The van der Waals surface area contributed by atoms with Gasteiger partial charge in [0, 0.05) is 13.0 Å². The number of nitrogens with one attached hydrogen (secondary N) is 4. The van der Waals surface area contributed by atoms with Crippen molar-refractivity contribution in [3.8, 4) is 0 Å². The van der Waals surface area contributed by atoms with E-state index < -0.39 is 28.8 Å². The van der Waals surface area contributed by atoms with Gasteiger partial charge in [0.25, 0.3) is 0 Å². The molecule has 0 radical (unpaired) electrons. The smallest absolute Gasteiger partial charge is 0.246 e. The summed E-state index contributed by atoms with van der Waals surface area (Å²) < 4.78 is 0. The summed E-state index contributed by atoms with van der Waals surface area (Å²) in [5.74, 6) is -1.55. The van der Waals surface area contributed by atoms with Gasteiger partial charge in [-0.3, -0.25) is 19.2 Å². The Morgan fingerprint density at radius 3 is 2.00 bits per heavy atom. The lowest BCUT2D eigenvalue weighted by Crippen LogP contribution is -2.63. The molecule has 0 aliphatic heterocycles. The second-order valence-electron chi connectivity index (χ2n) is 5.96. The molecule has 4 amide bonds. The minimum atomic E-state index is -1.28. The molecule has 0 saturated heterocycles. The molecule has 9 heteroatoms. The van der Waals surface area contributed by atoms with Crippen molar-refractivity contribution in [3.05, 3.63) is 0 Å². The van der Waals surface area contributed by atoms with E-state index in [4.69, 9.17) is 0 Å². The van der Waals surface area contributed by atoms with Crippen LogP contribution in [-0.4, -0.2) is 54.6 Å². The minimum Gasteiger partial charge on any atom is -0.354 e. The monoisotopic (exact) mass is 328 g/mol. The van der Waals surface area contributed by atoms with Gasteiger partial charge in [-0.2, -0.15) is 0 Å². The first-order valence-electron chi connectivity index (χ1n) is 7.09. The number of rotatable bonds is 10. The third kappa shape index (κ3) is 7.39. The van der Waals surface area contributed by atoms with E-state index in [9.17, 15) is 24.0 Å². The molecule has 0 aromatic rings. The van der Waals surface area contributed by atoms with Gasteiger partial charge in [0.2, 0.25) is 24.1 Å². The molecule has 0 unspecified atom stereocenters. The van der Waals surface area contributed by atoms with Gasteiger partial charge in [0.05, 0.1) is 6.54 Å². The van der Waals surface area contributed by atoms with Crippen LogP contribution in [-0.2, 0) is 24.0 Å². The van der Waals surface area contributed by atoms with E-state index in [1.165, 1.54) is 27.7 Å². The fourth-order valence-corrected chi connectivity index (χ4v) is 1.55. The molecule has 23 heavy (non-hydrogen) atoms. The molecular weight excluding hydrogens is 304 g/mol. The Bertz CT molecular complexity index is 474. The maximum Gasteiger partial charge on any atom is 0.246 e. The number of carbonyl (C=O) groups excluding carboxylic acids is 5. The van der Waals surface area contributed by atoms with Crippen molar-refractivity contribution in [2.24, 2.45) is 0 Å². The lowest BCUT2D eigenvalue weighted by molar-refractivity contribution is -0.137. The highest BCUT2D eigenvalue weighted by Gasteiger charge is 2.36. The molecule has 9 nitrogen and oxygen atoms in total. The highest BCUT2D eigenvalue weighted by atomic mass is 16.2. The topological polar surface area (TPSA) is 133 Å². The molecule has 0 aliphatic carbocycles. The summed E-state index contributed by atoms with van der Waals surface area (Å²) in [6.45, 7) is 5.89. The Morgan fingerprint density at radius 1 is 0.913 bits per heavy atom. The van der Waals surface area contributed by atoms with Crippen LogP contribution in [0.1, 0.15) is 34.1 Å². The number of hydrogen-bond acceptors (Lipinski definition) is 5. The zero-order chi connectivity index (χ0) is 18.1. The molecule has 0 rings (SSSR count). The molecule has 4 N–H and O–H groups in total. The van der Waals surface area contributed by atoms with Crippen molar-refractivity contribution >= 4 is 30.4 Å². The molecule has 0 saturated carbocycles. The third-order valence-corrected chi connectivity index (χ3v) is 2.91. The second kappa shape index (κ2) is 8.86. The van der Waals surface area contributed by atoms with Gasteiger partial charge >= 0.3 is 0 Å². The minimum absolute atomic E-state index is 0.180. The van der Waals surface area contributed by atoms with Gasteiger partial charge in [-0.1, -0.05) is 0 Å². The lowest BCUT2D eigenvalue weighted by Gasteiger charge is -2.31. The molecule has 0 aliphatic rings. The summed E-state index contributed by atoms with van der Waals surface area (Å²) in [4.78, 5) is 56.2. The van der Waals surface area contributed by atoms with Gasteiger partial charge in [0.15, 0.2) is 0 Å². The van der Waals surface area contributed by atoms with E-state index in [2.05, 4.69) is 21.3 Å². The van der Waals surface area contributed by atoms with Crippen molar-refractivity contribution in [1.29, 1.82) is 0 Å². The largest absolute Gasteiger partial charge is 0.354 e. The van der Waals surface area contributed by atoms with Crippen LogP contribution < -0.4 is 21.3 Å². The van der Waals surface area contributed by atoms with Crippen molar-refractivity contribution in [2.75, 3.05) is 13.1 Å². The number of amides is 4. The van der Waals surface area contributed by atoms with Gasteiger partial charge in [-0.15, -0.1) is 0 Å². The van der Waals surface area contributed by atoms with Gasteiger partial charge in [-0.05, 0) is 27.7 Å². The third-order valence-electron chi connectivity index (χ3n) is 2.91. The zero-order valence-electron chi connectivity index (χ0n) is 13.8. The van der Waals surface area contributed by atoms with Crippen molar-refractivity contribution in [2.45, 2.75) is 45.2 Å². The fourth-order valence-electron chi connectivity index (χ4n) is 1.55. The van der Waals surface area contributed by atoms with E-state index in [1.54, 1.807) is 0 Å². The predicted molar refractivity (Wildman–Crippen MR) is 82.2 cm³/mol. The number of carbonyl (C=O) groups is 5. The summed E-state index contributed by atoms with van der Waals surface area (Å²) in [6, 6.07) is 0. The number of hydrogen-bond donors (Lipinski definition) is 4. The molecule has 0 aromatic carbocycles. The van der Waals surface area contributed by atoms with Crippen LogP contribution in [0.25, 0.3) is 0 Å². The first-order chi connectivity index (χ1) is 10.6. The molecule has 0 fully saturated rings. The molecular formula is C14H24N4O5. The molecule has 0 heterocycles. The standard InChI is InChI=1S/C14H24N4O5/c1-13(2,11(22)16-6-5-7-19)18-12(23)14(3,4)17-10(21)8-15-9-20/h7,9H,5-6,8H2,1-4H3,(H,15,20)(H,16,22)(H,17,21)(H,18,23). The van der Waals surface area contributed by atoms with Crippen LogP contribution in [0.3, 0.4) is 0 Å². The van der Waals surface area contributed by atoms with E-state index in [0.29, 0.717) is 12.7 Å². The zero-order valence-corrected chi connectivity index (χ0v) is 13.8. The SMILES string of the molecule is CC(C)(NC(=O)CNC=O)C(=O)NC(C)(C)C(=O)NCCC=O. The van der Waals surface area contributed by atoms with Crippen molar-refractivity contribution in [1.82, 2.24) is 21.3 Å². The van der Waals surface area contributed by atoms with Crippen LogP contribution in [0.5, 0.6) is 0 Å². The summed E-state index contributed by atoms with van der Waals surface area (Å²) in [5, 5.41) is 9.71. The Kier molecular flexibility index (Phi) is 7.92. The average molecular weight is 328 g/mol. The Balaban J connectivity index is 4.68. The summed E-state index contributed by atoms with van der Waals surface area (Å²) in [6.07, 6.45) is 1.23. The van der Waals surface area contributed by atoms with Crippen LogP contribution in [0.4, 0.5) is 0 Å². The van der Waals surface area contributed by atoms with Crippen LogP contribution >= 0.6 is 0 Å². The van der Waals surface area contributed by atoms with Crippen LogP contribution in [0.2, 0.25) is 0 Å². The first kappa shape index (κ1) is 20.6. The quantitative estimate of drug-likeness (QED) is 0.278. The number of aldehydes is 1. The average Bonchev–Trinajstić information content (AvgIpc) is 2.44. The van der Waals surface area contributed by atoms with Gasteiger partial charge in [-0.25, -0.2) is 0 Å². The van der Waals surface area contributed by atoms with Crippen molar-refractivity contribution < 1.29 is 24.0 Å². The maximum atomic E-state index is 12.3. The van der Waals surface area contributed by atoms with E-state index in [0.717, 1.165) is 0 Å². The van der Waals surface area contributed by atoms with Crippen LogP contribution in [0.15, 0.2) is 0 Å². The highest BCUT2D eigenvalue weighted by molar-refractivity contribution is 5.96. The Hall–Kier alpha value is -2.45. The molecule has 0 atom stereocenters. The highest BCUT2D eigenvalue weighted by Crippen LogP contribution is 2.08. The summed E-state index contributed by atoms with van der Waals surface area (Å²) in [5.41, 5.74) is -2.50. The normalized spacial score (nSPS) is 11.1. The summed E-state index contributed by atoms with van der Waals surface area (Å²) in [7, 11) is 0. The van der Waals surface area contributed by atoms with Gasteiger partial charge < -0.3 is 26.1 Å². The Morgan fingerprint density at radius 2 is 1.48 bits per heavy atom. The second-order valence-corrected chi connectivity index (χ2v) is 5.96. The van der Waals surface area contributed by atoms with E-state index in [1.807, 2.05) is 0 Å².